The number of nitrogens with one attached hydrogen (secondary N) is 2. The summed E-state index contributed by atoms with van der Waals surface area (Å²) in [5, 5.41) is 4.48. The Bertz CT molecular complexity index is 1120. The number of fused-ring (bicyclic) bond motifs is 3. The largest absolute Gasteiger partial charge is 1.00 e. The number of carbonyl (C=O) groups is 1. The number of aromatic nitrogens is 3. The topological polar surface area (TPSA) is 73.9 Å². The molecule has 0 aliphatic carbocycles. The molecule has 7 heteroatoms. The van der Waals surface area contributed by atoms with Crippen LogP contribution in [0.25, 0.3) is 21.9 Å². The van der Waals surface area contributed by atoms with Gasteiger partial charge in [-0.2, -0.15) is 0 Å². The lowest BCUT2D eigenvalue weighted by atomic mass is 10.1. The lowest BCUT2D eigenvalue weighted by molar-refractivity contribution is -0.116. The number of hydrogen-bond donors (Lipinski definition) is 2. The van der Waals surface area contributed by atoms with Gasteiger partial charge in [-0.15, -0.1) is 0 Å². The van der Waals surface area contributed by atoms with Crippen LogP contribution in [-0.2, 0) is 4.79 Å². The molecular formula is C20H19ClN5O-. The Balaban J connectivity index is 0.00000210. The van der Waals surface area contributed by atoms with Crippen LogP contribution in [0.15, 0.2) is 48.8 Å². The molecule has 0 saturated carbocycles. The van der Waals surface area contributed by atoms with E-state index in [4.69, 9.17) is 0 Å². The summed E-state index contributed by atoms with van der Waals surface area (Å²) < 4.78 is 0. The predicted octanol–water partition coefficient (Wildman–Crippen LogP) is 1.15. The second kappa shape index (κ2) is 7.25. The number of imidazole rings is 1. The number of carbonyl (C=O) groups excluding carboxylic acids is 1. The van der Waals surface area contributed by atoms with Crippen LogP contribution < -0.4 is 22.6 Å². The van der Waals surface area contributed by atoms with E-state index in [1.165, 1.54) is 0 Å². The Hall–Kier alpha value is -3.12. The van der Waals surface area contributed by atoms with E-state index in [0.29, 0.717) is 0 Å². The highest BCUT2D eigenvalue weighted by Crippen LogP contribution is 2.31. The van der Waals surface area contributed by atoms with E-state index < -0.39 is 0 Å². The first-order chi connectivity index (χ1) is 12.5. The van der Waals surface area contributed by atoms with Gasteiger partial charge < -0.3 is 27.6 Å². The standard InChI is InChI=1S/C20H19N5O.ClH/c1-12-10-18(19-16(23-12)8-9-17-20(19)22-11-21-17)24-14-4-6-15(7-5-14)25(3)13(2)26;/h4-11,23-24H,1-3H3;1H/p-1. The molecule has 0 bridgehead atoms. The normalized spacial score (nSPS) is 10.6. The van der Waals surface area contributed by atoms with Gasteiger partial charge in [0.1, 0.15) is 11.8 Å². The van der Waals surface area contributed by atoms with Crippen LogP contribution in [0.4, 0.5) is 17.1 Å². The van der Waals surface area contributed by atoms with Gasteiger partial charge in [-0.25, -0.2) is 9.97 Å². The SMILES string of the molecule is CC(=O)N(C)c1ccc(Nc2cc(C)[nH]c3ccc4ncnc4c23)cc1.[Cl-]. The third-order valence-electron chi connectivity index (χ3n) is 4.51. The summed E-state index contributed by atoms with van der Waals surface area (Å²) in [6, 6.07) is 13.8. The van der Waals surface area contributed by atoms with Crippen LogP contribution in [-0.4, -0.2) is 27.9 Å². The van der Waals surface area contributed by atoms with Crippen LogP contribution >= 0.6 is 0 Å². The summed E-state index contributed by atoms with van der Waals surface area (Å²) in [7, 11) is 1.76. The number of pyridine rings is 1. The van der Waals surface area contributed by atoms with E-state index in [9.17, 15) is 4.79 Å². The lowest BCUT2D eigenvalue weighted by Crippen LogP contribution is -3.00. The third kappa shape index (κ3) is 3.44. The van der Waals surface area contributed by atoms with Crippen molar-refractivity contribution < 1.29 is 17.2 Å². The molecule has 2 N–H and O–H groups in total. The van der Waals surface area contributed by atoms with Gasteiger partial charge >= 0.3 is 0 Å². The van der Waals surface area contributed by atoms with Crippen molar-refractivity contribution in [2.75, 3.05) is 17.3 Å². The molecule has 0 aliphatic rings. The number of halogens is 1. The van der Waals surface area contributed by atoms with E-state index >= 15 is 0 Å². The second-order valence-electron chi connectivity index (χ2n) is 6.35. The number of anilines is 3. The van der Waals surface area contributed by atoms with E-state index in [0.717, 1.165) is 44.7 Å². The van der Waals surface area contributed by atoms with E-state index in [2.05, 4.69) is 26.3 Å². The molecule has 0 unspecified atom stereocenters. The minimum atomic E-state index is 0. The fourth-order valence-electron chi connectivity index (χ4n) is 3.08. The number of H-pyrrole nitrogens is 1. The maximum atomic E-state index is 11.5. The predicted molar refractivity (Wildman–Crippen MR) is 105 cm³/mol. The quantitative estimate of drug-likeness (QED) is 0.559. The zero-order chi connectivity index (χ0) is 18.3. The fraction of sp³-hybridized carbons (Fsp3) is 0.150. The Labute approximate surface area is 163 Å². The number of rotatable bonds is 3. The molecule has 0 saturated heterocycles. The van der Waals surface area contributed by atoms with Gasteiger partial charge in [-0.1, -0.05) is 0 Å². The summed E-state index contributed by atoms with van der Waals surface area (Å²) in [4.78, 5) is 25.2. The maximum Gasteiger partial charge on any atom is 0.223 e. The van der Waals surface area contributed by atoms with Gasteiger partial charge in [0.05, 0.1) is 11.2 Å². The van der Waals surface area contributed by atoms with Gasteiger partial charge in [-0.3, -0.25) is 4.79 Å². The van der Waals surface area contributed by atoms with Crippen LogP contribution in [0.2, 0.25) is 0 Å². The molecule has 2 aromatic carbocycles. The summed E-state index contributed by atoms with van der Waals surface area (Å²) >= 11 is 0. The maximum absolute atomic E-state index is 11.5. The Morgan fingerprint density at radius 3 is 2.56 bits per heavy atom. The van der Waals surface area contributed by atoms with Crippen LogP contribution in [0.3, 0.4) is 0 Å². The summed E-state index contributed by atoms with van der Waals surface area (Å²) in [5.41, 5.74) is 6.56. The fourth-order valence-corrected chi connectivity index (χ4v) is 3.08. The van der Waals surface area contributed by atoms with E-state index in [1.54, 1.807) is 25.2 Å². The van der Waals surface area contributed by atoms with Gasteiger partial charge in [0.25, 0.3) is 0 Å². The average molecular weight is 381 g/mol. The highest BCUT2D eigenvalue weighted by Gasteiger charge is 2.11. The molecule has 4 aromatic rings. The van der Waals surface area contributed by atoms with Crippen LogP contribution in [0.1, 0.15) is 12.6 Å². The molecule has 138 valence electrons. The first kappa shape index (κ1) is 18.7. The molecule has 0 radical (unpaired) electrons. The molecule has 4 rings (SSSR count). The minimum Gasteiger partial charge on any atom is -1.00 e. The Morgan fingerprint density at radius 2 is 1.85 bits per heavy atom. The van der Waals surface area contributed by atoms with Crippen molar-refractivity contribution in [1.82, 2.24) is 15.0 Å². The van der Waals surface area contributed by atoms with Gasteiger partial charge in [0.15, 0.2) is 0 Å². The Morgan fingerprint density at radius 1 is 1.11 bits per heavy atom. The molecule has 0 spiro atoms. The van der Waals surface area contributed by atoms with Crippen molar-refractivity contribution in [2.24, 2.45) is 0 Å². The van der Waals surface area contributed by atoms with Crippen LogP contribution in [0.5, 0.6) is 0 Å². The lowest BCUT2D eigenvalue weighted by Gasteiger charge is -2.16. The van der Waals surface area contributed by atoms with Crippen molar-refractivity contribution in [3.05, 3.63) is 54.5 Å². The first-order valence-corrected chi connectivity index (χ1v) is 8.37. The average Bonchev–Trinajstić information content (AvgIpc) is 3.10. The van der Waals surface area contributed by atoms with Gasteiger partial charge in [0.2, 0.25) is 5.91 Å². The summed E-state index contributed by atoms with van der Waals surface area (Å²) in [6.07, 6.45) is 1.58. The second-order valence-corrected chi connectivity index (χ2v) is 6.35. The smallest absolute Gasteiger partial charge is 0.223 e. The zero-order valence-electron chi connectivity index (χ0n) is 15.2. The molecule has 0 atom stereocenters. The van der Waals surface area contributed by atoms with Crippen LogP contribution in [0, 0.1) is 6.92 Å². The van der Waals surface area contributed by atoms with E-state index in [-0.39, 0.29) is 18.3 Å². The molecule has 6 nitrogen and oxygen atoms in total. The highest BCUT2D eigenvalue weighted by atomic mass is 35.5. The highest BCUT2D eigenvalue weighted by molar-refractivity contribution is 6.10. The number of amides is 1. The minimum absolute atomic E-state index is 0. The van der Waals surface area contributed by atoms with Crippen molar-refractivity contribution >= 4 is 44.9 Å². The van der Waals surface area contributed by atoms with Gasteiger partial charge in [0, 0.05) is 41.9 Å². The number of aryl methyl sites for hydroxylation is 1. The van der Waals surface area contributed by atoms with Crippen molar-refractivity contribution in [3.8, 4) is 0 Å². The third-order valence-corrected chi connectivity index (χ3v) is 4.51. The molecular weight excluding hydrogens is 362 g/mol. The molecule has 0 aliphatic heterocycles. The van der Waals surface area contributed by atoms with E-state index in [1.807, 2.05) is 43.3 Å². The molecule has 2 heterocycles. The molecule has 0 fully saturated rings. The first-order valence-electron chi connectivity index (χ1n) is 8.37. The summed E-state index contributed by atoms with van der Waals surface area (Å²) in [6.45, 7) is 3.57. The number of aromatic amines is 1. The monoisotopic (exact) mass is 380 g/mol. The van der Waals surface area contributed by atoms with Crippen molar-refractivity contribution in [3.63, 3.8) is 0 Å². The molecule has 27 heavy (non-hydrogen) atoms. The van der Waals surface area contributed by atoms with Crippen molar-refractivity contribution in [2.45, 2.75) is 13.8 Å². The number of nitrogens with zero attached hydrogens (tertiary/aromatic N) is 3. The van der Waals surface area contributed by atoms with Crippen molar-refractivity contribution in [1.29, 1.82) is 0 Å². The number of benzene rings is 2. The Kier molecular flexibility index (Phi) is 5.01. The molecule has 2 aromatic heterocycles. The molecule has 1 amide bonds. The number of hydrogen-bond acceptors (Lipinski definition) is 4. The summed E-state index contributed by atoms with van der Waals surface area (Å²) in [5.74, 6) is 0.00287. The zero-order valence-corrected chi connectivity index (χ0v) is 16.0. The van der Waals surface area contributed by atoms with Gasteiger partial charge in [-0.05, 0) is 49.4 Å².